The highest BCUT2D eigenvalue weighted by atomic mass is 16.6. The van der Waals surface area contributed by atoms with Gasteiger partial charge in [0.25, 0.3) is 0 Å². The maximum atomic E-state index is 13.0. The Bertz CT molecular complexity index is 1220. The molecule has 3 aromatic rings. The lowest BCUT2D eigenvalue weighted by Gasteiger charge is -2.33. The second-order valence-corrected chi connectivity index (χ2v) is 9.52. The number of piperidine rings is 1. The van der Waals surface area contributed by atoms with Crippen LogP contribution in [0.2, 0.25) is 0 Å². The van der Waals surface area contributed by atoms with E-state index in [1.165, 1.54) is 0 Å². The van der Waals surface area contributed by atoms with Crippen LogP contribution in [0.5, 0.6) is 11.5 Å². The van der Waals surface area contributed by atoms with Gasteiger partial charge >= 0.3 is 5.69 Å². The number of aromatic nitrogens is 2. The fourth-order valence-corrected chi connectivity index (χ4v) is 5.08. The van der Waals surface area contributed by atoms with E-state index in [-0.39, 0.29) is 29.6 Å². The largest absolute Gasteiger partial charge is 0.486 e. The van der Waals surface area contributed by atoms with Gasteiger partial charge in [-0.05, 0) is 48.6 Å². The molecule has 180 valence electrons. The second kappa shape index (κ2) is 9.54. The van der Waals surface area contributed by atoms with Crippen LogP contribution in [0.25, 0.3) is 11.0 Å². The summed E-state index contributed by atoms with van der Waals surface area (Å²) in [6, 6.07) is 13.7. The van der Waals surface area contributed by atoms with Crippen LogP contribution in [-0.4, -0.2) is 53.2 Å². The molecule has 0 unspecified atom stereocenters. The second-order valence-electron chi connectivity index (χ2n) is 9.52. The van der Waals surface area contributed by atoms with E-state index in [4.69, 9.17) is 9.47 Å². The van der Waals surface area contributed by atoms with Gasteiger partial charge in [-0.1, -0.05) is 32.0 Å². The molecule has 1 aromatic heterocycles. The fraction of sp³-hybridized carbons (Fsp3) is 0.462. The minimum absolute atomic E-state index is 0.0105. The standard InChI is InChI=1S/C26H32N4O4/c1-17(2)25(18-7-8-22-23(15-18)34-14-13-33-22)28-24(31)16-29-11-9-19(10-12-29)30-21-6-4-3-5-20(21)27-26(30)32/h3-8,15,17,19,25H,9-14,16H2,1-2H3,(H,27,32)(H,28,31)/t25-/m0/s1. The summed E-state index contributed by atoms with van der Waals surface area (Å²) in [5, 5.41) is 3.22. The minimum Gasteiger partial charge on any atom is -0.486 e. The number of aromatic amines is 1. The number of hydrogen-bond acceptors (Lipinski definition) is 5. The lowest BCUT2D eigenvalue weighted by atomic mass is 9.95. The molecule has 2 aliphatic rings. The molecule has 0 aliphatic carbocycles. The Hall–Kier alpha value is -3.26. The molecule has 5 rings (SSSR count). The van der Waals surface area contributed by atoms with Crippen molar-refractivity contribution in [1.29, 1.82) is 0 Å². The van der Waals surface area contributed by atoms with Crippen LogP contribution in [0.1, 0.15) is 44.3 Å². The number of imidazole rings is 1. The van der Waals surface area contributed by atoms with E-state index in [9.17, 15) is 9.59 Å². The summed E-state index contributed by atoms with van der Waals surface area (Å²) in [5.74, 6) is 1.72. The highest BCUT2D eigenvalue weighted by Crippen LogP contribution is 2.34. The summed E-state index contributed by atoms with van der Waals surface area (Å²) in [7, 11) is 0. The average molecular weight is 465 g/mol. The highest BCUT2D eigenvalue weighted by molar-refractivity contribution is 5.78. The summed E-state index contributed by atoms with van der Waals surface area (Å²) in [6.07, 6.45) is 1.68. The number of fused-ring (bicyclic) bond motifs is 2. The molecule has 8 heteroatoms. The van der Waals surface area contributed by atoms with E-state index in [0.29, 0.717) is 19.8 Å². The van der Waals surface area contributed by atoms with E-state index in [0.717, 1.165) is 54.0 Å². The molecule has 1 saturated heterocycles. The maximum absolute atomic E-state index is 13.0. The molecule has 0 bridgehead atoms. The SMILES string of the molecule is CC(C)[C@H](NC(=O)CN1CCC(n2c(=O)[nH]c3ccccc32)CC1)c1ccc2c(c1)OCCO2. The van der Waals surface area contributed by atoms with Gasteiger partial charge in [0.15, 0.2) is 11.5 Å². The van der Waals surface area contributed by atoms with Crippen LogP contribution in [0.4, 0.5) is 0 Å². The number of H-pyrrole nitrogens is 1. The molecule has 8 nitrogen and oxygen atoms in total. The topological polar surface area (TPSA) is 88.6 Å². The summed E-state index contributed by atoms with van der Waals surface area (Å²) in [6.45, 7) is 7.21. The quantitative estimate of drug-likeness (QED) is 0.585. The number of nitrogens with one attached hydrogen (secondary N) is 2. The first-order valence-electron chi connectivity index (χ1n) is 12.1. The molecular formula is C26H32N4O4. The Kier molecular flexibility index (Phi) is 6.32. The molecule has 0 saturated carbocycles. The van der Waals surface area contributed by atoms with Gasteiger partial charge in [-0.15, -0.1) is 0 Å². The van der Waals surface area contributed by atoms with Gasteiger partial charge in [0.2, 0.25) is 5.91 Å². The normalized spacial score (nSPS) is 17.7. The Morgan fingerprint density at radius 2 is 1.82 bits per heavy atom. The third-order valence-electron chi connectivity index (χ3n) is 6.82. The number of rotatable bonds is 6. The Labute approximate surface area is 198 Å². The van der Waals surface area contributed by atoms with Crippen molar-refractivity contribution < 1.29 is 14.3 Å². The number of hydrogen-bond donors (Lipinski definition) is 2. The van der Waals surface area contributed by atoms with E-state index in [1.807, 2.05) is 47.0 Å². The number of carbonyl (C=O) groups is 1. The number of amides is 1. The van der Waals surface area contributed by atoms with E-state index in [1.54, 1.807) is 0 Å². The molecule has 0 spiro atoms. The average Bonchev–Trinajstić information content (AvgIpc) is 3.18. The monoisotopic (exact) mass is 464 g/mol. The molecule has 3 heterocycles. The zero-order valence-electron chi connectivity index (χ0n) is 19.8. The van der Waals surface area contributed by atoms with E-state index < -0.39 is 0 Å². The van der Waals surface area contributed by atoms with Gasteiger partial charge < -0.3 is 19.8 Å². The van der Waals surface area contributed by atoms with Crippen molar-refractivity contribution >= 4 is 16.9 Å². The first-order chi connectivity index (χ1) is 16.5. The van der Waals surface area contributed by atoms with Gasteiger partial charge in [0.05, 0.1) is 23.6 Å². The van der Waals surface area contributed by atoms with Gasteiger partial charge in [0.1, 0.15) is 13.2 Å². The van der Waals surface area contributed by atoms with E-state index >= 15 is 0 Å². The van der Waals surface area contributed by atoms with Crippen molar-refractivity contribution in [2.45, 2.75) is 38.8 Å². The molecule has 2 N–H and O–H groups in total. The lowest BCUT2D eigenvalue weighted by Crippen LogP contribution is -2.44. The number of para-hydroxylation sites is 2. The van der Waals surface area contributed by atoms with Crippen LogP contribution >= 0.6 is 0 Å². The Morgan fingerprint density at radius 1 is 1.09 bits per heavy atom. The molecule has 1 fully saturated rings. The van der Waals surface area contributed by atoms with Crippen molar-refractivity contribution in [1.82, 2.24) is 19.8 Å². The van der Waals surface area contributed by atoms with Crippen LogP contribution in [0, 0.1) is 5.92 Å². The number of likely N-dealkylation sites (tertiary alicyclic amines) is 1. The first-order valence-corrected chi connectivity index (χ1v) is 12.1. The molecule has 2 aliphatic heterocycles. The molecule has 34 heavy (non-hydrogen) atoms. The van der Waals surface area contributed by atoms with Crippen LogP contribution in [0.15, 0.2) is 47.3 Å². The number of benzene rings is 2. The predicted molar refractivity (Wildman–Crippen MR) is 130 cm³/mol. The van der Waals surface area contributed by atoms with Crippen molar-refractivity contribution in [2.75, 3.05) is 32.8 Å². The lowest BCUT2D eigenvalue weighted by molar-refractivity contribution is -0.123. The predicted octanol–water partition coefficient (Wildman–Crippen LogP) is 3.25. The Morgan fingerprint density at radius 3 is 2.59 bits per heavy atom. The van der Waals surface area contributed by atoms with Gasteiger partial charge in [0, 0.05) is 19.1 Å². The fourth-order valence-electron chi connectivity index (χ4n) is 5.08. The third kappa shape index (κ3) is 4.55. The summed E-state index contributed by atoms with van der Waals surface area (Å²) in [5.41, 5.74) is 2.78. The molecule has 1 amide bonds. The van der Waals surface area contributed by atoms with E-state index in [2.05, 4.69) is 29.0 Å². The maximum Gasteiger partial charge on any atom is 0.326 e. The molecule has 0 radical (unpaired) electrons. The van der Waals surface area contributed by atoms with Gasteiger partial charge in [-0.25, -0.2) is 4.79 Å². The number of carbonyl (C=O) groups excluding carboxylic acids is 1. The molecule has 2 aromatic carbocycles. The van der Waals surface area contributed by atoms with Crippen molar-refractivity contribution in [3.05, 3.63) is 58.5 Å². The zero-order chi connectivity index (χ0) is 23.7. The molecule has 1 atom stereocenters. The highest BCUT2D eigenvalue weighted by Gasteiger charge is 2.26. The van der Waals surface area contributed by atoms with Crippen LogP contribution < -0.4 is 20.5 Å². The van der Waals surface area contributed by atoms with Crippen LogP contribution in [-0.2, 0) is 4.79 Å². The summed E-state index contributed by atoms with van der Waals surface area (Å²) in [4.78, 5) is 30.6. The molecular weight excluding hydrogens is 432 g/mol. The Balaban J connectivity index is 1.20. The third-order valence-corrected chi connectivity index (χ3v) is 6.82. The minimum atomic E-state index is -0.106. The number of nitrogens with zero attached hydrogens (tertiary/aromatic N) is 2. The van der Waals surface area contributed by atoms with Gasteiger partial charge in [-0.3, -0.25) is 14.3 Å². The zero-order valence-corrected chi connectivity index (χ0v) is 19.8. The summed E-state index contributed by atoms with van der Waals surface area (Å²) < 4.78 is 13.2. The smallest absolute Gasteiger partial charge is 0.326 e. The van der Waals surface area contributed by atoms with Crippen molar-refractivity contribution in [3.8, 4) is 11.5 Å². The van der Waals surface area contributed by atoms with Gasteiger partial charge in [-0.2, -0.15) is 0 Å². The summed E-state index contributed by atoms with van der Waals surface area (Å²) >= 11 is 0. The first kappa shape index (κ1) is 22.5. The van der Waals surface area contributed by atoms with Crippen LogP contribution in [0.3, 0.4) is 0 Å². The van der Waals surface area contributed by atoms with Crippen molar-refractivity contribution in [3.63, 3.8) is 0 Å². The number of ether oxygens (including phenoxy) is 2. The van der Waals surface area contributed by atoms with Crippen molar-refractivity contribution in [2.24, 2.45) is 5.92 Å².